The van der Waals surface area contributed by atoms with E-state index < -0.39 is 5.60 Å². The number of nitrogen functional groups attached to an aromatic ring is 2. The van der Waals surface area contributed by atoms with E-state index in [1.54, 1.807) is 0 Å². The van der Waals surface area contributed by atoms with E-state index in [0.29, 0.717) is 16.7 Å². The van der Waals surface area contributed by atoms with Gasteiger partial charge in [-0.2, -0.15) is 0 Å². The minimum atomic E-state index is -0.413. The van der Waals surface area contributed by atoms with E-state index in [2.05, 4.69) is 90.1 Å². The van der Waals surface area contributed by atoms with Crippen molar-refractivity contribution in [2.45, 2.75) is 150 Å². The van der Waals surface area contributed by atoms with Gasteiger partial charge in [-0.3, -0.25) is 0 Å². The Hall–Kier alpha value is -3.66. The molecule has 3 aromatic rings. The van der Waals surface area contributed by atoms with Crippen LogP contribution in [0, 0.1) is 66.1 Å². The Labute approximate surface area is 351 Å². The van der Waals surface area contributed by atoms with E-state index in [9.17, 15) is 0 Å². The van der Waals surface area contributed by atoms with Crippen LogP contribution in [0.1, 0.15) is 142 Å². The van der Waals surface area contributed by atoms with Gasteiger partial charge in [0.25, 0.3) is 0 Å². The van der Waals surface area contributed by atoms with Gasteiger partial charge in [-0.25, -0.2) is 0 Å². The molecule has 4 saturated carbocycles. The average molecular weight is 783 g/mol. The maximum atomic E-state index is 6.68. The summed E-state index contributed by atoms with van der Waals surface area (Å²) in [6.45, 7) is 19.2. The van der Waals surface area contributed by atoms with Gasteiger partial charge in [0.15, 0.2) is 0 Å². The Bertz CT molecular complexity index is 2010. The molecule has 0 saturated heterocycles. The molecule has 58 heavy (non-hydrogen) atoms. The van der Waals surface area contributed by atoms with Crippen LogP contribution < -0.4 is 20.9 Å². The number of hydrogen-bond donors (Lipinski definition) is 2. The zero-order valence-corrected chi connectivity index (χ0v) is 37.2. The molecular formula is C54H74N2O2. The normalized spacial score (nSPS) is 34.8. The molecule has 0 spiro atoms. The molecule has 4 nitrogen and oxygen atoms in total. The maximum absolute atomic E-state index is 6.68. The lowest BCUT2D eigenvalue weighted by Gasteiger charge is -2.63. The number of rotatable bonds is 11. The smallest absolute Gasteiger partial charge is 0.128 e. The lowest BCUT2D eigenvalue weighted by atomic mass is 9.41. The van der Waals surface area contributed by atoms with Gasteiger partial charge < -0.3 is 20.9 Å². The first kappa shape index (κ1) is 41.1. The minimum absolute atomic E-state index is 0.0456. The first-order valence-electron chi connectivity index (χ1n) is 23.2. The summed E-state index contributed by atoms with van der Waals surface area (Å²) in [5, 5.41) is 0. The number of benzene rings is 3. The Balaban J connectivity index is 1.05. The summed E-state index contributed by atoms with van der Waals surface area (Å²) < 4.78 is 13.1. The third-order valence-corrected chi connectivity index (χ3v) is 17.3. The number of anilines is 2. The lowest BCUT2D eigenvalue weighted by Crippen LogP contribution is -2.55. The molecule has 4 fully saturated rings. The standard InChI is InChI=1S/C54H74N2O2/c1-35(2)10-9-11-36(3)46-20-21-47-45-19-14-41-34-54(31-30-52(41,7)48(45)26-29-53(46,47)8,39-12-15-42(16-13-39)57-43-17-22-49(55)37(4)32-43)40-24-27-51(6,28-25-40)58-44-18-23-50(56)38(5)33-44/h12-13,15-18,22-25,27,32-33,35-36,41,45-48H,9-11,14,19-21,26,28-31,34,55-56H2,1-8H3. The number of ether oxygens (including phenoxy) is 2. The molecule has 0 bridgehead atoms. The predicted octanol–water partition coefficient (Wildman–Crippen LogP) is 14.3. The second kappa shape index (κ2) is 15.7. The van der Waals surface area contributed by atoms with Crippen molar-refractivity contribution in [3.63, 3.8) is 0 Å². The Morgan fingerprint density at radius 3 is 2.05 bits per heavy atom. The van der Waals surface area contributed by atoms with E-state index >= 15 is 0 Å². The molecule has 4 N–H and O–H groups in total. The quantitative estimate of drug-likeness (QED) is 0.190. The van der Waals surface area contributed by atoms with Gasteiger partial charge in [-0.15, -0.1) is 0 Å². The van der Waals surface area contributed by atoms with Gasteiger partial charge in [0.1, 0.15) is 22.8 Å². The summed E-state index contributed by atoms with van der Waals surface area (Å²) in [6, 6.07) is 21.1. The summed E-state index contributed by atoms with van der Waals surface area (Å²) in [5.41, 5.74) is 19.3. The van der Waals surface area contributed by atoms with Crippen molar-refractivity contribution < 1.29 is 9.47 Å². The number of nitrogens with two attached hydrogens (primary N) is 2. The van der Waals surface area contributed by atoms with E-state index in [0.717, 1.165) is 81.7 Å². The highest BCUT2D eigenvalue weighted by Gasteiger charge is 2.62. The number of fused-ring (bicyclic) bond motifs is 5. The predicted molar refractivity (Wildman–Crippen MR) is 243 cm³/mol. The summed E-state index contributed by atoms with van der Waals surface area (Å²) in [7, 11) is 0. The lowest BCUT2D eigenvalue weighted by molar-refractivity contribution is -0.122. The molecule has 4 heteroatoms. The van der Waals surface area contributed by atoms with Crippen LogP contribution in [-0.4, -0.2) is 5.60 Å². The third kappa shape index (κ3) is 7.53. The molecule has 0 radical (unpaired) electrons. The molecule has 0 aliphatic heterocycles. The second-order valence-corrected chi connectivity index (χ2v) is 21.2. The van der Waals surface area contributed by atoms with Crippen molar-refractivity contribution in [2.24, 2.45) is 52.3 Å². The Morgan fingerprint density at radius 1 is 0.707 bits per heavy atom. The first-order valence-corrected chi connectivity index (χ1v) is 23.2. The van der Waals surface area contributed by atoms with Crippen molar-refractivity contribution in [3.05, 3.63) is 101 Å². The molecule has 5 aliphatic carbocycles. The van der Waals surface area contributed by atoms with Crippen molar-refractivity contribution >= 4 is 11.4 Å². The summed E-state index contributed by atoms with van der Waals surface area (Å²) in [6.07, 6.45) is 24.6. The highest BCUT2D eigenvalue weighted by molar-refractivity contribution is 5.52. The summed E-state index contributed by atoms with van der Waals surface area (Å²) in [4.78, 5) is 0. The molecule has 0 heterocycles. The van der Waals surface area contributed by atoms with Crippen LogP contribution in [0.25, 0.3) is 0 Å². The molecule has 5 aliphatic rings. The van der Waals surface area contributed by atoms with Gasteiger partial charge in [-0.05, 0) is 208 Å². The monoisotopic (exact) mass is 783 g/mol. The van der Waals surface area contributed by atoms with Crippen LogP contribution in [0.5, 0.6) is 17.2 Å². The topological polar surface area (TPSA) is 70.5 Å². The van der Waals surface area contributed by atoms with E-state index in [4.69, 9.17) is 20.9 Å². The maximum Gasteiger partial charge on any atom is 0.128 e. The van der Waals surface area contributed by atoms with E-state index in [-0.39, 0.29) is 5.41 Å². The molecule has 312 valence electrons. The van der Waals surface area contributed by atoms with E-state index in [1.807, 2.05) is 44.2 Å². The van der Waals surface area contributed by atoms with Crippen molar-refractivity contribution in [2.75, 3.05) is 11.5 Å². The first-order chi connectivity index (χ1) is 27.6. The van der Waals surface area contributed by atoms with Crippen LogP contribution in [0.3, 0.4) is 0 Å². The number of hydrogen-bond acceptors (Lipinski definition) is 4. The highest BCUT2D eigenvalue weighted by Crippen LogP contribution is 2.70. The molecule has 0 aromatic heterocycles. The number of aryl methyl sites for hydroxylation is 2. The summed E-state index contributed by atoms with van der Waals surface area (Å²) >= 11 is 0. The fourth-order valence-corrected chi connectivity index (χ4v) is 13.8. The number of allylic oxidation sites excluding steroid dienone is 2. The van der Waals surface area contributed by atoms with Crippen molar-refractivity contribution in [1.82, 2.24) is 0 Å². The van der Waals surface area contributed by atoms with Crippen molar-refractivity contribution in [1.29, 1.82) is 0 Å². The van der Waals surface area contributed by atoms with Gasteiger partial charge >= 0.3 is 0 Å². The molecule has 0 amide bonds. The molecule has 10 atom stereocenters. The largest absolute Gasteiger partial charge is 0.483 e. The van der Waals surface area contributed by atoms with Gasteiger partial charge in [-0.1, -0.05) is 78.2 Å². The molecule has 10 unspecified atom stereocenters. The zero-order chi connectivity index (χ0) is 41.0. The molecular weight excluding hydrogens is 709 g/mol. The zero-order valence-electron chi connectivity index (χ0n) is 37.2. The third-order valence-electron chi connectivity index (χ3n) is 17.3. The van der Waals surface area contributed by atoms with Crippen LogP contribution >= 0.6 is 0 Å². The fraction of sp³-hybridized carbons (Fsp3) is 0.593. The summed E-state index contributed by atoms with van der Waals surface area (Å²) in [5.74, 6) is 8.54. The highest BCUT2D eigenvalue weighted by atomic mass is 16.5. The van der Waals surface area contributed by atoms with Crippen LogP contribution in [0.4, 0.5) is 11.4 Å². The minimum Gasteiger partial charge on any atom is -0.483 e. The second-order valence-electron chi connectivity index (χ2n) is 21.2. The fourth-order valence-electron chi connectivity index (χ4n) is 13.8. The van der Waals surface area contributed by atoms with Crippen LogP contribution in [0.2, 0.25) is 0 Å². The molecule has 3 aromatic carbocycles. The van der Waals surface area contributed by atoms with Crippen LogP contribution in [-0.2, 0) is 5.41 Å². The van der Waals surface area contributed by atoms with Gasteiger partial charge in [0.2, 0.25) is 0 Å². The Kier molecular flexibility index (Phi) is 11.2. The van der Waals surface area contributed by atoms with E-state index in [1.165, 1.54) is 88.2 Å². The van der Waals surface area contributed by atoms with Gasteiger partial charge in [0.05, 0.1) is 0 Å². The van der Waals surface area contributed by atoms with Crippen molar-refractivity contribution in [3.8, 4) is 17.2 Å². The Morgan fingerprint density at radius 2 is 1.38 bits per heavy atom. The van der Waals surface area contributed by atoms with Crippen LogP contribution in [0.15, 0.2) is 84.5 Å². The average Bonchev–Trinajstić information content (AvgIpc) is 3.55. The molecule has 8 rings (SSSR count). The SMILES string of the molecule is Cc1cc(Oc2ccc(C3(C4=CCC(C)(Oc5ccc(N)c(C)c5)C=C4)CCC4(C)C(CCC5C4CCC4(C)C(C(C)CCCC(C)C)CCC54)C3)cc2)ccc1N. The van der Waals surface area contributed by atoms with Gasteiger partial charge in [0, 0.05) is 23.2 Å².